The highest BCUT2D eigenvalue weighted by molar-refractivity contribution is 7.92. The van der Waals surface area contributed by atoms with Gasteiger partial charge in [-0.2, -0.15) is 0 Å². The zero-order chi connectivity index (χ0) is 15.7. The number of amides is 1. The summed E-state index contributed by atoms with van der Waals surface area (Å²) >= 11 is 0. The standard InChI is InChI=1S/C14H12N4O3S/c15-14(19)10-3-1-2-4-11(10)18-22(20,21)9-5-6-12-13(7-9)17-8-16-12/h1-8,18H,(H2,15,19)(H,16,17). The van der Waals surface area contributed by atoms with E-state index in [0.717, 1.165) is 0 Å². The van der Waals surface area contributed by atoms with Crippen LogP contribution in [0.25, 0.3) is 11.0 Å². The first-order chi connectivity index (χ1) is 10.5. The molecule has 0 aliphatic carbocycles. The number of para-hydroxylation sites is 1. The van der Waals surface area contributed by atoms with Crippen LogP contribution in [-0.2, 0) is 10.0 Å². The molecule has 3 aromatic rings. The first kappa shape index (κ1) is 14.1. The zero-order valence-corrected chi connectivity index (χ0v) is 12.1. The number of hydrogen-bond acceptors (Lipinski definition) is 4. The fourth-order valence-corrected chi connectivity index (χ4v) is 3.18. The van der Waals surface area contributed by atoms with E-state index >= 15 is 0 Å². The lowest BCUT2D eigenvalue weighted by atomic mass is 10.2. The number of nitrogens with zero attached hydrogens (tertiary/aromatic N) is 1. The maximum Gasteiger partial charge on any atom is 0.261 e. The van der Waals surface area contributed by atoms with E-state index in [1.54, 1.807) is 18.2 Å². The van der Waals surface area contributed by atoms with Crippen LogP contribution in [0.1, 0.15) is 10.4 Å². The Hall–Kier alpha value is -2.87. The molecular weight excluding hydrogens is 304 g/mol. The van der Waals surface area contributed by atoms with Gasteiger partial charge >= 0.3 is 0 Å². The second-order valence-corrected chi connectivity index (χ2v) is 6.28. The van der Waals surface area contributed by atoms with Crippen LogP contribution in [0.2, 0.25) is 0 Å². The molecule has 0 fully saturated rings. The van der Waals surface area contributed by atoms with Crippen LogP contribution in [-0.4, -0.2) is 24.3 Å². The highest BCUT2D eigenvalue weighted by atomic mass is 32.2. The maximum absolute atomic E-state index is 12.4. The van der Waals surface area contributed by atoms with E-state index in [2.05, 4.69) is 14.7 Å². The van der Waals surface area contributed by atoms with E-state index < -0.39 is 15.9 Å². The molecule has 0 atom stereocenters. The van der Waals surface area contributed by atoms with Gasteiger partial charge in [0.15, 0.2) is 0 Å². The summed E-state index contributed by atoms with van der Waals surface area (Å²) in [5, 5.41) is 0. The largest absolute Gasteiger partial charge is 0.366 e. The lowest BCUT2D eigenvalue weighted by Crippen LogP contribution is -2.18. The van der Waals surface area contributed by atoms with Gasteiger partial charge < -0.3 is 10.7 Å². The number of carbonyl (C=O) groups is 1. The second-order valence-electron chi connectivity index (χ2n) is 4.60. The number of aromatic nitrogens is 2. The minimum absolute atomic E-state index is 0.0588. The number of nitrogens with one attached hydrogen (secondary N) is 2. The van der Waals surface area contributed by atoms with Gasteiger partial charge in [0.1, 0.15) is 0 Å². The molecule has 0 aliphatic heterocycles. The third kappa shape index (κ3) is 2.51. The molecule has 4 N–H and O–H groups in total. The van der Waals surface area contributed by atoms with Crippen molar-refractivity contribution >= 4 is 32.7 Å². The molecule has 0 bridgehead atoms. The van der Waals surface area contributed by atoms with Crippen molar-refractivity contribution in [2.75, 3.05) is 4.72 Å². The number of nitrogens with two attached hydrogens (primary N) is 1. The second kappa shape index (κ2) is 5.15. The van der Waals surface area contributed by atoms with Crippen LogP contribution in [0, 0.1) is 0 Å². The maximum atomic E-state index is 12.4. The molecular formula is C14H12N4O3S. The summed E-state index contributed by atoms with van der Waals surface area (Å²) in [6.07, 6.45) is 1.48. The van der Waals surface area contributed by atoms with Crippen LogP contribution in [0.15, 0.2) is 53.7 Å². The molecule has 0 aliphatic rings. The highest BCUT2D eigenvalue weighted by Gasteiger charge is 2.18. The fraction of sp³-hybridized carbons (Fsp3) is 0. The number of rotatable bonds is 4. The molecule has 1 amide bonds. The number of carbonyl (C=O) groups excluding carboxylic acids is 1. The molecule has 0 unspecified atom stereocenters. The van der Waals surface area contributed by atoms with Crippen LogP contribution in [0.5, 0.6) is 0 Å². The van der Waals surface area contributed by atoms with E-state index in [4.69, 9.17) is 5.73 Å². The third-order valence-corrected chi connectivity index (χ3v) is 4.50. The Morgan fingerprint density at radius 1 is 1.18 bits per heavy atom. The van der Waals surface area contributed by atoms with Crippen LogP contribution in [0.4, 0.5) is 5.69 Å². The van der Waals surface area contributed by atoms with Crippen molar-refractivity contribution in [1.29, 1.82) is 0 Å². The van der Waals surface area contributed by atoms with Gasteiger partial charge in [0.05, 0.1) is 33.5 Å². The Balaban J connectivity index is 2.02. The predicted molar refractivity (Wildman–Crippen MR) is 81.9 cm³/mol. The summed E-state index contributed by atoms with van der Waals surface area (Å²) in [5.74, 6) is -0.706. The van der Waals surface area contributed by atoms with Crippen LogP contribution < -0.4 is 10.5 Å². The normalized spacial score (nSPS) is 11.5. The van der Waals surface area contributed by atoms with E-state index in [1.807, 2.05) is 0 Å². The number of H-pyrrole nitrogens is 1. The Morgan fingerprint density at radius 3 is 2.73 bits per heavy atom. The Labute approximate surface area is 126 Å². The molecule has 3 rings (SSSR count). The van der Waals surface area contributed by atoms with Gasteiger partial charge in [-0.3, -0.25) is 9.52 Å². The van der Waals surface area contributed by atoms with Gasteiger partial charge in [-0.05, 0) is 30.3 Å². The van der Waals surface area contributed by atoms with E-state index in [1.165, 1.54) is 30.6 Å². The highest BCUT2D eigenvalue weighted by Crippen LogP contribution is 2.21. The minimum atomic E-state index is -3.84. The zero-order valence-electron chi connectivity index (χ0n) is 11.3. The van der Waals surface area contributed by atoms with Crippen LogP contribution in [0.3, 0.4) is 0 Å². The number of sulfonamides is 1. The molecule has 1 heterocycles. The van der Waals surface area contributed by atoms with Crippen molar-refractivity contribution < 1.29 is 13.2 Å². The van der Waals surface area contributed by atoms with Crippen molar-refractivity contribution in [3.8, 4) is 0 Å². The SMILES string of the molecule is NC(=O)c1ccccc1NS(=O)(=O)c1ccc2nc[nH]c2c1. The summed E-state index contributed by atoms with van der Waals surface area (Å²) in [6.45, 7) is 0. The van der Waals surface area contributed by atoms with Crippen molar-refractivity contribution in [2.24, 2.45) is 5.73 Å². The molecule has 7 nitrogen and oxygen atoms in total. The van der Waals surface area contributed by atoms with Gasteiger partial charge in [0, 0.05) is 0 Å². The summed E-state index contributed by atoms with van der Waals surface area (Å²) in [4.78, 5) is 18.3. The lowest BCUT2D eigenvalue weighted by molar-refractivity contribution is 0.100. The molecule has 8 heteroatoms. The molecule has 112 valence electrons. The smallest absolute Gasteiger partial charge is 0.261 e. The first-order valence-corrected chi connectivity index (χ1v) is 7.80. The predicted octanol–water partition coefficient (Wildman–Crippen LogP) is 1.46. The molecule has 0 spiro atoms. The first-order valence-electron chi connectivity index (χ1n) is 6.32. The van der Waals surface area contributed by atoms with E-state index in [0.29, 0.717) is 11.0 Å². The van der Waals surface area contributed by atoms with Gasteiger partial charge in [0.25, 0.3) is 15.9 Å². The number of hydrogen-bond donors (Lipinski definition) is 3. The van der Waals surface area contributed by atoms with Crippen molar-refractivity contribution in [3.63, 3.8) is 0 Å². The van der Waals surface area contributed by atoms with Crippen molar-refractivity contribution in [3.05, 3.63) is 54.4 Å². The van der Waals surface area contributed by atoms with Crippen molar-refractivity contribution in [1.82, 2.24) is 9.97 Å². The summed E-state index contributed by atoms with van der Waals surface area (Å²) in [5.41, 5.74) is 6.76. The Kier molecular flexibility index (Phi) is 3.30. The quantitative estimate of drug-likeness (QED) is 0.675. The molecule has 2 aromatic carbocycles. The third-order valence-electron chi connectivity index (χ3n) is 3.14. The van der Waals surface area contributed by atoms with E-state index in [-0.39, 0.29) is 16.1 Å². The summed E-state index contributed by atoms with van der Waals surface area (Å²) in [7, 11) is -3.84. The average molecular weight is 316 g/mol. The summed E-state index contributed by atoms with van der Waals surface area (Å²) in [6, 6.07) is 10.7. The average Bonchev–Trinajstić information content (AvgIpc) is 2.94. The van der Waals surface area contributed by atoms with E-state index in [9.17, 15) is 13.2 Å². The fourth-order valence-electron chi connectivity index (χ4n) is 2.07. The van der Waals surface area contributed by atoms with Gasteiger partial charge in [-0.15, -0.1) is 0 Å². The van der Waals surface area contributed by atoms with Gasteiger partial charge in [0.2, 0.25) is 0 Å². The number of fused-ring (bicyclic) bond motifs is 1. The van der Waals surface area contributed by atoms with Gasteiger partial charge in [-0.25, -0.2) is 13.4 Å². The lowest BCUT2D eigenvalue weighted by Gasteiger charge is -2.10. The monoisotopic (exact) mass is 316 g/mol. The molecule has 0 saturated heterocycles. The number of aromatic amines is 1. The minimum Gasteiger partial charge on any atom is -0.366 e. The molecule has 0 saturated carbocycles. The number of benzene rings is 2. The number of primary amides is 1. The van der Waals surface area contributed by atoms with Gasteiger partial charge in [-0.1, -0.05) is 12.1 Å². The number of anilines is 1. The topological polar surface area (TPSA) is 118 Å². The molecule has 22 heavy (non-hydrogen) atoms. The van der Waals surface area contributed by atoms with Crippen LogP contribution >= 0.6 is 0 Å². The Bertz CT molecular complexity index is 963. The number of imidazole rings is 1. The van der Waals surface area contributed by atoms with Crippen molar-refractivity contribution in [2.45, 2.75) is 4.90 Å². The Morgan fingerprint density at radius 2 is 1.95 bits per heavy atom. The molecule has 1 aromatic heterocycles. The summed E-state index contributed by atoms with van der Waals surface area (Å²) < 4.78 is 27.3. The molecule has 0 radical (unpaired) electrons.